The largest absolute Gasteiger partial charge is 0.496 e. The first-order valence-electron chi connectivity index (χ1n) is 12.8. The summed E-state index contributed by atoms with van der Waals surface area (Å²) in [6.07, 6.45) is 10.8. The van der Waals surface area contributed by atoms with Crippen molar-refractivity contribution in [1.82, 2.24) is 9.62 Å². The lowest BCUT2D eigenvalue weighted by atomic mass is 10.0. The van der Waals surface area contributed by atoms with Crippen LogP contribution in [-0.2, 0) is 6.54 Å². The van der Waals surface area contributed by atoms with Crippen LogP contribution in [0.25, 0.3) is 0 Å². The van der Waals surface area contributed by atoms with Gasteiger partial charge < -0.3 is 4.74 Å². The number of hydrogen-bond donors (Lipinski definition) is 1. The summed E-state index contributed by atoms with van der Waals surface area (Å²) in [7, 11) is 1.52. The predicted molar refractivity (Wildman–Crippen MR) is 150 cm³/mol. The minimum absolute atomic E-state index is 0.0852. The third-order valence-electron chi connectivity index (χ3n) is 6.91. The summed E-state index contributed by atoms with van der Waals surface area (Å²) < 4.78 is 21.4. The molecule has 2 aromatic rings. The van der Waals surface area contributed by atoms with Crippen LogP contribution in [0.1, 0.15) is 86.2 Å². The van der Waals surface area contributed by atoms with Gasteiger partial charge in [-0.15, -0.1) is 0 Å². The van der Waals surface area contributed by atoms with E-state index >= 15 is 0 Å². The molecule has 0 radical (unpaired) electrons. The zero-order valence-corrected chi connectivity index (χ0v) is 23.9. The van der Waals surface area contributed by atoms with Crippen molar-refractivity contribution >= 4 is 41.1 Å². The molecule has 2 bridgehead atoms. The Balaban J connectivity index is 0.000000188. The van der Waals surface area contributed by atoms with E-state index in [0.29, 0.717) is 11.7 Å². The number of carbonyl (C=O) groups is 1. The van der Waals surface area contributed by atoms with Crippen molar-refractivity contribution in [1.29, 1.82) is 0 Å². The van der Waals surface area contributed by atoms with Gasteiger partial charge in [0, 0.05) is 41.0 Å². The molecule has 5 rings (SSSR count). The molecule has 8 heteroatoms. The van der Waals surface area contributed by atoms with Crippen LogP contribution in [0.15, 0.2) is 30.3 Å². The minimum atomic E-state index is -0.544. The topological polar surface area (TPSA) is 41.6 Å². The Morgan fingerprint density at radius 3 is 2.17 bits per heavy atom. The summed E-state index contributed by atoms with van der Waals surface area (Å²) in [6.45, 7) is 5.01. The molecule has 1 amide bonds. The Bertz CT molecular complexity index is 999. The van der Waals surface area contributed by atoms with E-state index in [1.165, 1.54) is 50.8 Å². The second kappa shape index (κ2) is 13.9. The molecule has 198 valence electrons. The smallest absolute Gasteiger partial charge is 0.264 e. The van der Waals surface area contributed by atoms with Gasteiger partial charge in [0.15, 0.2) is 0 Å². The number of ether oxygens (including phenoxy) is 1. The molecule has 36 heavy (non-hydrogen) atoms. The fourth-order valence-corrected chi connectivity index (χ4v) is 6.05. The maximum atomic E-state index is 13.7. The molecule has 4 nitrogen and oxygen atoms in total. The van der Waals surface area contributed by atoms with Crippen LogP contribution in [0, 0.1) is 5.82 Å². The van der Waals surface area contributed by atoms with Gasteiger partial charge in [-0.25, -0.2) is 4.39 Å². The third kappa shape index (κ3) is 7.53. The fourth-order valence-electron chi connectivity index (χ4n) is 5.18. The standard InChI is InChI=1S/C14H17Cl2N.C12H14FNO2S.C2H6/c15-11-6-10(7-12(16)8-11)9-17-13-2-1-3-14(17)5-4-13;1-16-11-6-10(13)9(12(15)14-17-2)5-8(11)7-3-4-7;1-2/h6-8,13-14H,1-5,9H2;5-7H,3-4H2,1-2H3,(H,14,15);1-2H3/t13-,14?;;/m0../s1. The molecule has 2 aromatic carbocycles. The number of carbonyl (C=O) groups excluding carboxylic acids is 1. The van der Waals surface area contributed by atoms with Crippen LogP contribution in [0.4, 0.5) is 4.39 Å². The molecule has 2 aliphatic heterocycles. The molecule has 1 aliphatic carbocycles. The Kier molecular flexibility index (Phi) is 11.2. The normalized spacial score (nSPS) is 20.5. The maximum Gasteiger partial charge on any atom is 0.264 e. The fraction of sp³-hybridized carbons (Fsp3) is 0.536. The van der Waals surface area contributed by atoms with Gasteiger partial charge in [0.1, 0.15) is 11.6 Å². The molecule has 1 N–H and O–H groups in total. The number of benzene rings is 2. The van der Waals surface area contributed by atoms with Gasteiger partial charge in [0.05, 0.1) is 12.7 Å². The lowest BCUT2D eigenvalue weighted by molar-refractivity contribution is 0.0980. The van der Waals surface area contributed by atoms with E-state index in [9.17, 15) is 9.18 Å². The lowest BCUT2D eigenvalue weighted by Crippen LogP contribution is -2.38. The van der Waals surface area contributed by atoms with Gasteiger partial charge in [-0.2, -0.15) is 0 Å². The molecule has 0 spiro atoms. The zero-order chi connectivity index (χ0) is 26.2. The van der Waals surface area contributed by atoms with Crippen molar-refractivity contribution in [3.05, 3.63) is 62.9 Å². The first-order chi connectivity index (χ1) is 17.4. The summed E-state index contributed by atoms with van der Waals surface area (Å²) in [5.74, 6) is -0.00515. The Labute approximate surface area is 229 Å². The van der Waals surface area contributed by atoms with Crippen LogP contribution in [0.3, 0.4) is 0 Å². The van der Waals surface area contributed by atoms with Crippen LogP contribution in [-0.4, -0.2) is 36.3 Å². The number of piperidine rings is 1. The highest BCUT2D eigenvalue weighted by atomic mass is 35.5. The van der Waals surface area contributed by atoms with E-state index in [4.69, 9.17) is 27.9 Å². The number of nitrogens with one attached hydrogen (secondary N) is 1. The molecule has 1 saturated carbocycles. The summed E-state index contributed by atoms with van der Waals surface area (Å²) in [5.41, 5.74) is 2.27. The highest BCUT2D eigenvalue weighted by molar-refractivity contribution is 7.97. The van der Waals surface area contributed by atoms with Gasteiger partial charge in [-0.1, -0.05) is 55.4 Å². The van der Waals surface area contributed by atoms with Crippen molar-refractivity contribution in [3.8, 4) is 5.75 Å². The number of rotatable bonds is 6. The average molecular weight is 556 g/mol. The van der Waals surface area contributed by atoms with Gasteiger partial charge >= 0.3 is 0 Å². The summed E-state index contributed by atoms with van der Waals surface area (Å²) in [6, 6.07) is 10.4. The van der Waals surface area contributed by atoms with Gasteiger partial charge in [-0.05, 0) is 79.8 Å². The number of nitrogens with zero attached hydrogens (tertiary/aromatic N) is 1. The first-order valence-corrected chi connectivity index (χ1v) is 14.8. The third-order valence-corrected chi connectivity index (χ3v) is 7.74. The number of hydrogen-bond acceptors (Lipinski definition) is 4. The van der Waals surface area contributed by atoms with Crippen LogP contribution < -0.4 is 9.46 Å². The molecular formula is C28H37Cl2FN2O2S. The van der Waals surface area contributed by atoms with Gasteiger partial charge in [-0.3, -0.25) is 14.4 Å². The first kappa shape index (κ1) is 29.1. The van der Waals surface area contributed by atoms with E-state index in [2.05, 4.69) is 9.62 Å². The van der Waals surface area contributed by atoms with Crippen molar-refractivity contribution < 1.29 is 13.9 Å². The Hall–Kier alpha value is -1.47. The zero-order valence-electron chi connectivity index (χ0n) is 21.6. The second-order valence-corrected chi connectivity index (χ2v) is 10.7. The van der Waals surface area contributed by atoms with E-state index < -0.39 is 11.7 Å². The molecule has 3 aliphatic rings. The van der Waals surface area contributed by atoms with Crippen molar-refractivity contribution in [2.45, 2.75) is 83.3 Å². The molecular weight excluding hydrogens is 518 g/mol. The quantitative estimate of drug-likeness (QED) is 0.365. The number of methoxy groups -OCH3 is 1. The molecule has 2 saturated heterocycles. The molecule has 3 fully saturated rings. The van der Waals surface area contributed by atoms with E-state index in [-0.39, 0.29) is 5.56 Å². The van der Waals surface area contributed by atoms with E-state index in [1.807, 2.05) is 26.0 Å². The second-order valence-electron chi connectivity index (χ2n) is 9.25. The Morgan fingerprint density at radius 2 is 1.64 bits per heavy atom. The lowest BCUT2D eigenvalue weighted by Gasteiger charge is -2.34. The minimum Gasteiger partial charge on any atom is -0.496 e. The number of fused-ring (bicyclic) bond motifs is 2. The van der Waals surface area contributed by atoms with Gasteiger partial charge in [0.25, 0.3) is 5.91 Å². The van der Waals surface area contributed by atoms with Crippen molar-refractivity contribution in [2.24, 2.45) is 0 Å². The number of amides is 1. The molecule has 2 heterocycles. The van der Waals surface area contributed by atoms with Crippen LogP contribution >= 0.6 is 35.1 Å². The van der Waals surface area contributed by atoms with Crippen LogP contribution in [0.2, 0.25) is 10.0 Å². The van der Waals surface area contributed by atoms with E-state index in [1.54, 1.807) is 18.4 Å². The number of halogens is 3. The molecule has 0 aromatic heterocycles. The van der Waals surface area contributed by atoms with E-state index in [0.717, 1.165) is 59.0 Å². The predicted octanol–water partition coefficient (Wildman–Crippen LogP) is 8.26. The highest BCUT2D eigenvalue weighted by Gasteiger charge is 2.36. The monoisotopic (exact) mass is 554 g/mol. The summed E-state index contributed by atoms with van der Waals surface area (Å²) in [5, 5.41) is 1.49. The molecule has 2 atom stereocenters. The maximum absolute atomic E-state index is 13.7. The SMILES string of the molecule is CC.COc1cc(F)c(C(=O)NSC)cc1C1CC1.Clc1cc(Cl)cc(CN2C3CCC[C@H]2CC3)c1. The van der Waals surface area contributed by atoms with Crippen molar-refractivity contribution in [3.63, 3.8) is 0 Å². The summed E-state index contributed by atoms with van der Waals surface area (Å²) in [4.78, 5) is 14.3. The average Bonchev–Trinajstić information content (AvgIpc) is 3.67. The molecule has 1 unspecified atom stereocenters. The van der Waals surface area contributed by atoms with Crippen molar-refractivity contribution in [2.75, 3.05) is 13.4 Å². The van der Waals surface area contributed by atoms with Crippen LogP contribution in [0.5, 0.6) is 5.75 Å². The van der Waals surface area contributed by atoms with Gasteiger partial charge in [0.2, 0.25) is 0 Å². The Morgan fingerprint density at radius 1 is 1.03 bits per heavy atom. The highest BCUT2D eigenvalue weighted by Crippen LogP contribution is 2.45. The summed E-state index contributed by atoms with van der Waals surface area (Å²) >= 11 is 13.3.